The van der Waals surface area contributed by atoms with E-state index in [-0.39, 0.29) is 0 Å². The Balaban J connectivity index is 3.88. The van der Waals surface area contributed by atoms with Gasteiger partial charge in [0.15, 0.2) is 0 Å². The molecule has 0 spiro atoms. The number of rotatable bonds is 3. The Morgan fingerprint density at radius 1 is 1.78 bits per heavy atom. The maximum Gasteiger partial charge on any atom is 0.355 e. The second-order valence-corrected chi connectivity index (χ2v) is 3.40. The van der Waals surface area contributed by atoms with Gasteiger partial charge in [-0.1, -0.05) is 0 Å². The summed E-state index contributed by atoms with van der Waals surface area (Å²) in [5.41, 5.74) is 0. The minimum atomic E-state index is -4.06. The molecule has 1 atom stereocenters. The van der Waals surface area contributed by atoms with Crippen molar-refractivity contribution in [1.82, 2.24) is 0 Å². The molecule has 0 heterocycles. The normalized spacial score (nSPS) is 16.7. The van der Waals surface area contributed by atoms with Crippen molar-refractivity contribution in [3.8, 4) is 0 Å². The van der Waals surface area contributed by atoms with Gasteiger partial charge in [0.25, 0.3) is 0 Å². The Labute approximate surface area is 55.9 Å². The van der Waals surface area contributed by atoms with E-state index >= 15 is 0 Å². The number of hydrogen-bond donors (Lipinski definition) is 2. The average Bonchev–Trinajstić information content (AvgIpc) is 1.63. The van der Waals surface area contributed by atoms with E-state index in [1.54, 1.807) is 0 Å². The topological polar surface area (TPSA) is 83.8 Å². The van der Waals surface area contributed by atoms with Gasteiger partial charge in [0.2, 0.25) is 0 Å². The SMILES string of the molecule is O=C(O)CP(=O)(O)OCl. The van der Waals surface area contributed by atoms with Crippen LogP contribution in [0.4, 0.5) is 0 Å². The van der Waals surface area contributed by atoms with Crippen LogP contribution in [0.15, 0.2) is 0 Å². The molecule has 0 aliphatic rings. The average molecular weight is 174 g/mol. The highest BCUT2D eigenvalue weighted by atomic mass is 35.5. The smallest absolute Gasteiger partial charge is 0.355 e. The van der Waals surface area contributed by atoms with Crippen molar-refractivity contribution in [2.24, 2.45) is 0 Å². The van der Waals surface area contributed by atoms with E-state index in [0.717, 1.165) is 0 Å². The molecule has 0 bridgehead atoms. The van der Waals surface area contributed by atoms with E-state index < -0.39 is 19.7 Å². The highest BCUT2D eigenvalue weighted by molar-refractivity contribution is 7.54. The molecule has 0 aromatic heterocycles. The molecule has 0 rings (SSSR count). The molecule has 0 aliphatic carbocycles. The van der Waals surface area contributed by atoms with Crippen molar-refractivity contribution in [2.45, 2.75) is 0 Å². The van der Waals surface area contributed by atoms with Crippen molar-refractivity contribution in [3.05, 3.63) is 0 Å². The van der Waals surface area contributed by atoms with E-state index in [4.69, 9.17) is 10.00 Å². The monoisotopic (exact) mass is 174 g/mol. The molecule has 9 heavy (non-hydrogen) atoms. The summed E-state index contributed by atoms with van der Waals surface area (Å²) in [6.45, 7) is 0. The van der Waals surface area contributed by atoms with Gasteiger partial charge >= 0.3 is 13.6 Å². The van der Waals surface area contributed by atoms with Crippen molar-refractivity contribution in [3.63, 3.8) is 0 Å². The Bertz CT molecular complexity index is 155. The van der Waals surface area contributed by atoms with Crippen LogP contribution in [0.2, 0.25) is 0 Å². The summed E-state index contributed by atoms with van der Waals surface area (Å²) in [5.74, 6) is -1.43. The van der Waals surface area contributed by atoms with Gasteiger partial charge < -0.3 is 10.00 Å². The fourth-order valence-corrected chi connectivity index (χ4v) is 0.732. The molecule has 5 nitrogen and oxygen atoms in total. The molecule has 0 radical (unpaired) electrons. The lowest BCUT2D eigenvalue weighted by Crippen LogP contribution is -2.02. The predicted octanol–water partition coefficient (Wildman–Crippen LogP) is 0.427. The Kier molecular flexibility index (Phi) is 3.14. The van der Waals surface area contributed by atoms with Crippen LogP contribution in [0.25, 0.3) is 0 Å². The summed E-state index contributed by atoms with van der Waals surface area (Å²) in [5, 5.41) is 7.91. The summed E-state index contributed by atoms with van der Waals surface area (Å²) in [6, 6.07) is 0. The number of carboxylic acids is 1. The fraction of sp³-hybridized carbons (Fsp3) is 0.500. The first kappa shape index (κ1) is 8.91. The fourth-order valence-electron chi connectivity index (χ4n) is 0.195. The first-order chi connectivity index (χ1) is 3.98. The van der Waals surface area contributed by atoms with Crippen LogP contribution in [0, 0.1) is 0 Å². The lowest BCUT2D eigenvalue weighted by molar-refractivity contribution is -0.134. The highest BCUT2D eigenvalue weighted by Crippen LogP contribution is 2.42. The molecule has 7 heteroatoms. The first-order valence-electron chi connectivity index (χ1n) is 1.82. The number of carbonyl (C=O) groups is 1. The Morgan fingerprint density at radius 2 is 2.22 bits per heavy atom. The molecule has 0 aromatic rings. The van der Waals surface area contributed by atoms with Gasteiger partial charge in [-0.25, -0.2) is 0 Å². The Hall–Kier alpha value is -0.0900. The van der Waals surface area contributed by atoms with Gasteiger partial charge in [0, 0.05) is 0 Å². The molecular weight excluding hydrogens is 170 g/mol. The van der Waals surface area contributed by atoms with Crippen LogP contribution in [0.1, 0.15) is 0 Å². The van der Waals surface area contributed by atoms with Crippen molar-refractivity contribution >= 4 is 25.4 Å². The van der Waals surface area contributed by atoms with Crippen LogP contribution in [0.5, 0.6) is 0 Å². The van der Waals surface area contributed by atoms with E-state index in [2.05, 4.69) is 15.9 Å². The van der Waals surface area contributed by atoms with Gasteiger partial charge in [-0.3, -0.25) is 9.36 Å². The van der Waals surface area contributed by atoms with Gasteiger partial charge in [-0.05, 0) is 0 Å². The lowest BCUT2D eigenvalue weighted by Gasteiger charge is -2.00. The maximum absolute atomic E-state index is 10.2. The zero-order valence-electron chi connectivity index (χ0n) is 4.15. The molecular formula is C2H4ClO5P. The second kappa shape index (κ2) is 3.17. The third-order valence-electron chi connectivity index (χ3n) is 0.443. The molecule has 0 aliphatic heterocycles. The molecule has 54 valence electrons. The molecule has 0 saturated heterocycles. The largest absolute Gasteiger partial charge is 0.481 e. The predicted molar refractivity (Wildman–Crippen MR) is 29.3 cm³/mol. The van der Waals surface area contributed by atoms with Crippen LogP contribution < -0.4 is 0 Å². The maximum atomic E-state index is 10.2. The zero-order chi connectivity index (χ0) is 7.49. The van der Waals surface area contributed by atoms with E-state index in [1.165, 1.54) is 0 Å². The van der Waals surface area contributed by atoms with Gasteiger partial charge in [0.1, 0.15) is 6.16 Å². The molecule has 2 N–H and O–H groups in total. The van der Waals surface area contributed by atoms with Gasteiger partial charge in [-0.15, -0.1) is 0 Å². The number of halogens is 1. The van der Waals surface area contributed by atoms with Crippen molar-refractivity contribution in [1.29, 1.82) is 0 Å². The van der Waals surface area contributed by atoms with Gasteiger partial charge in [0.05, 0.1) is 11.9 Å². The second-order valence-electron chi connectivity index (χ2n) is 1.26. The Morgan fingerprint density at radius 3 is 2.33 bits per heavy atom. The molecule has 0 aromatic carbocycles. The molecule has 1 unspecified atom stereocenters. The summed E-state index contributed by atoms with van der Waals surface area (Å²) < 4.78 is 13.7. The summed E-state index contributed by atoms with van der Waals surface area (Å²) >= 11 is 4.46. The van der Waals surface area contributed by atoms with Crippen LogP contribution in [0.3, 0.4) is 0 Å². The number of carboxylic acid groups (broad SMARTS) is 1. The van der Waals surface area contributed by atoms with Crippen LogP contribution >= 0.6 is 19.5 Å². The van der Waals surface area contributed by atoms with E-state index in [9.17, 15) is 9.36 Å². The molecule has 0 fully saturated rings. The lowest BCUT2D eigenvalue weighted by atomic mass is 10.8. The van der Waals surface area contributed by atoms with Crippen LogP contribution in [-0.2, 0) is 13.4 Å². The molecule has 0 saturated carbocycles. The summed E-state index contributed by atoms with van der Waals surface area (Å²) in [7, 11) is -4.06. The molecule has 0 amide bonds. The standard InChI is InChI=1S/C2H4ClO5P/c3-8-9(6,7)1-2(4)5/h1H2,(H,4,5)(H,6,7). The minimum absolute atomic E-state index is 0.976. The zero-order valence-corrected chi connectivity index (χ0v) is 5.80. The summed E-state index contributed by atoms with van der Waals surface area (Å²) in [4.78, 5) is 18.0. The summed E-state index contributed by atoms with van der Waals surface area (Å²) in [6.07, 6.45) is -0.976. The minimum Gasteiger partial charge on any atom is -0.481 e. The van der Waals surface area contributed by atoms with Crippen molar-refractivity contribution in [2.75, 3.05) is 6.16 Å². The van der Waals surface area contributed by atoms with Crippen molar-refractivity contribution < 1.29 is 23.4 Å². The number of hydrogen-bond acceptors (Lipinski definition) is 3. The number of aliphatic carboxylic acids is 1. The third kappa shape index (κ3) is 4.42. The first-order valence-corrected chi connectivity index (χ1v) is 3.89. The quantitative estimate of drug-likeness (QED) is 0.606. The van der Waals surface area contributed by atoms with E-state index in [1.807, 2.05) is 0 Å². The third-order valence-corrected chi connectivity index (χ3v) is 1.98. The van der Waals surface area contributed by atoms with Crippen LogP contribution in [-0.4, -0.2) is 22.1 Å². The van der Waals surface area contributed by atoms with Gasteiger partial charge in [-0.2, -0.15) is 4.08 Å². The highest BCUT2D eigenvalue weighted by Gasteiger charge is 2.22. The van der Waals surface area contributed by atoms with E-state index in [0.29, 0.717) is 0 Å².